The van der Waals surface area contributed by atoms with Crippen LogP contribution in [0, 0.1) is 0 Å². The molecule has 0 bridgehead atoms. The Morgan fingerprint density at radius 2 is 1.86 bits per heavy atom. The van der Waals surface area contributed by atoms with E-state index >= 15 is 0 Å². The molecule has 0 heterocycles. The summed E-state index contributed by atoms with van der Waals surface area (Å²) in [5, 5.41) is 14.4. The number of hydrogen-bond acceptors (Lipinski definition) is 3. The molecule has 1 aliphatic rings. The van der Waals surface area contributed by atoms with Gasteiger partial charge >= 0.3 is 12.0 Å². The van der Waals surface area contributed by atoms with Crippen LogP contribution in [-0.4, -0.2) is 28.9 Å². The van der Waals surface area contributed by atoms with Gasteiger partial charge in [-0.1, -0.05) is 12.8 Å². The van der Waals surface area contributed by atoms with Crippen LogP contribution >= 0.6 is 11.8 Å². The summed E-state index contributed by atoms with van der Waals surface area (Å²) in [5.74, 6) is -0.927. The Bertz CT molecular complexity index is 484. The first-order valence-electron chi connectivity index (χ1n) is 7.17. The average molecular weight is 308 g/mol. The molecule has 6 heteroatoms. The summed E-state index contributed by atoms with van der Waals surface area (Å²) < 4.78 is 0. The Kier molecular flexibility index (Phi) is 5.92. The predicted octanol–water partition coefficient (Wildman–Crippen LogP) is 3.32. The Hall–Kier alpha value is -1.69. The molecule has 3 N–H and O–H groups in total. The molecule has 0 aliphatic heterocycles. The lowest BCUT2D eigenvalue weighted by Gasteiger charge is -2.10. The van der Waals surface area contributed by atoms with Gasteiger partial charge in [0.15, 0.2) is 0 Å². The molecule has 21 heavy (non-hydrogen) atoms. The highest BCUT2D eigenvalue weighted by molar-refractivity contribution is 8.00. The topological polar surface area (TPSA) is 78.4 Å². The summed E-state index contributed by atoms with van der Waals surface area (Å²) in [7, 11) is 0. The molecule has 0 atom stereocenters. The first-order chi connectivity index (χ1) is 10.1. The van der Waals surface area contributed by atoms with Gasteiger partial charge < -0.3 is 15.7 Å². The lowest BCUT2D eigenvalue weighted by Crippen LogP contribution is -2.30. The molecule has 0 aromatic heterocycles. The molecule has 5 nitrogen and oxygen atoms in total. The number of hydrogen-bond donors (Lipinski definition) is 3. The molecule has 1 aliphatic carbocycles. The second-order valence-electron chi connectivity index (χ2n) is 5.07. The smallest absolute Gasteiger partial charge is 0.319 e. The summed E-state index contributed by atoms with van der Waals surface area (Å²) in [6, 6.07) is 7.38. The average Bonchev–Trinajstić information content (AvgIpc) is 2.93. The first-order valence-corrected chi connectivity index (χ1v) is 8.05. The normalized spacial score (nSPS) is 14.9. The molecule has 2 amide bonds. The zero-order valence-electron chi connectivity index (χ0n) is 11.8. The Morgan fingerprint density at radius 1 is 1.19 bits per heavy atom. The lowest BCUT2D eigenvalue weighted by atomic mass is 10.3. The quantitative estimate of drug-likeness (QED) is 0.753. The molecule has 2 rings (SSSR count). The molecular formula is C15H20N2O3S. The molecule has 1 aromatic carbocycles. The van der Waals surface area contributed by atoms with Crippen molar-refractivity contribution in [3.63, 3.8) is 0 Å². The number of benzene rings is 1. The number of carbonyl (C=O) groups is 2. The van der Waals surface area contributed by atoms with E-state index in [4.69, 9.17) is 5.11 Å². The molecule has 1 aromatic rings. The van der Waals surface area contributed by atoms with E-state index in [0.717, 1.165) is 5.25 Å². The SMILES string of the molecule is O=C(O)CCNC(=O)Nc1ccc(SC2CCCC2)cc1. The van der Waals surface area contributed by atoms with Gasteiger partial charge in [0.1, 0.15) is 0 Å². The highest BCUT2D eigenvalue weighted by Gasteiger charge is 2.15. The van der Waals surface area contributed by atoms with E-state index in [1.54, 1.807) is 0 Å². The number of rotatable bonds is 6. The molecule has 114 valence electrons. The zero-order valence-corrected chi connectivity index (χ0v) is 12.6. The van der Waals surface area contributed by atoms with Gasteiger partial charge in [0.05, 0.1) is 6.42 Å². The highest BCUT2D eigenvalue weighted by atomic mass is 32.2. The maximum Gasteiger partial charge on any atom is 0.319 e. The molecule has 1 saturated carbocycles. The van der Waals surface area contributed by atoms with Gasteiger partial charge in [0.25, 0.3) is 0 Å². The Balaban J connectivity index is 1.76. The van der Waals surface area contributed by atoms with Crippen molar-refractivity contribution >= 4 is 29.4 Å². The van der Waals surface area contributed by atoms with Crippen molar-refractivity contribution in [2.75, 3.05) is 11.9 Å². The highest BCUT2D eigenvalue weighted by Crippen LogP contribution is 2.34. The summed E-state index contributed by atoms with van der Waals surface area (Å²) in [4.78, 5) is 23.1. The third-order valence-corrected chi connectivity index (χ3v) is 4.69. The third-order valence-electron chi connectivity index (χ3n) is 3.34. The number of nitrogens with one attached hydrogen (secondary N) is 2. The van der Waals surface area contributed by atoms with E-state index in [0.29, 0.717) is 5.69 Å². The standard InChI is InChI=1S/C15H20N2O3S/c18-14(19)9-10-16-15(20)17-11-5-7-13(8-6-11)21-12-3-1-2-4-12/h5-8,12H,1-4,9-10H2,(H,18,19)(H2,16,17,20). The first kappa shape index (κ1) is 15.7. The maximum absolute atomic E-state index is 11.5. The number of urea groups is 1. The van der Waals surface area contributed by atoms with Gasteiger partial charge in [0.2, 0.25) is 0 Å². The van der Waals surface area contributed by atoms with E-state index in [-0.39, 0.29) is 19.0 Å². The molecule has 1 fully saturated rings. The molecule has 0 spiro atoms. The summed E-state index contributed by atoms with van der Waals surface area (Å²) in [5.41, 5.74) is 0.707. The number of carboxylic acid groups (broad SMARTS) is 1. The van der Waals surface area contributed by atoms with Gasteiger partial charge in [-0.25, -0.2) is 4.79 Å². The van der Waals surface area contributed by atoms with E-state index < -0.39 is 5.97 Å². The van der Waals surface area contributed by atoms with Crippen molar-refractivity contribution in [3.8, 4) is 0 Å². The zero-order chi connectivity index (χ0) is 15.1. The van der Waals surface area contributed by atoms with Crippen molar-refractivity contribution in [1.82, 2.24) is 5.32 Å². The fourth-order valence-corrected chi connectivity index (χ4v) is 3.52. The van der Waals surface area contributed by atoms with E-state index in [2.05, 4.69) is 10.6 Å². The summed E-state index contributed by atoms with van der Waals surface area (Å²) in [6.45, 7) is 0.122. The van der Waals surface area contributed by atoms with Crippen molar-refractivity contribution in [3.05, 3.63) is 24.3 Å². The number of carboxylic acids is 1. The van der Waals surface area contributed by atoms with Crippen LogP contribution in [0.4, 0.5) is 10.5 Å². The van der Waals surface area contributed by atoms with Gasteiger partial charge in [0, 0.05) is 22.4 Å². The molecule has 0 saturated heterocycles. The number of carbonyl (C=O) groups excluding carboxylic acids is 1. The van der Waals surface area contributed by atoms with Crippen LogP contribution < -0.4 is 10.6 Å². The van der Waals surface area contributed by atoms with Crippen LogP contribution in [-0.2, 0) is 4.79 Å². The van der Waals surface area contributed by atoms with Crippen LogP contribution in [0.5, 0.6) is 0 Å². The predicted molar refractivity (Wildman–Crippen MR) is 83.8 cm³/mol. The monoisotopic (exact) mass is 308 g/mol. The number of aliphatic carboxylic acids is 1. The van der Waals surface area contributed by atoms with Crippen LogP contribution in [0.3, 0.4) is 0 Å². The van der Waals surface area contributed by atoms with E-state index in [1.807, 2.05) is 36.0 Å². The largest absolute Gasteiger partial charge is 0.481 e. The minimum Gasteiger partial charge on any atom is -0.481 e. The van der Waals surface area contributed by atoms with Crippen molar-refractivity contribution < 1.29 is 14.7 Å². The van der Waals surface area contributed by atoms with Gasteiger partial charge in [-0.15, -0.1) is 11.8 Å². The van der Waals surface area contributed by atoms with Gasteiger partial charge in [-0.2, -0.15) is 0 Å². The van der Waals surface area contributed by atoms with E-state index in [1.165, 1.54) is 30.6 Å². The minimum absolute atomic E-state index is 0.0790. The molecule has 0 unspecified atom stereocenters. The maximum atomic E-state index is 11.5. The minimum atomic E-state index is -0.927. The van der Waals surface area contributed by atoms with Crippen LogP contribution in [0.1, 0.15) is 32.1 Å². The lowest BCUT2D eigenvalue weighted by molar-refractivity contribution is -0.136. The van der Waals surface area contributed by atoms with Crippen LogP contribution in [0.2, 0.25) is 0 Å². The van der Waals surface area contributed by atoms with Crippen molar-refractivity contribution in [2.45, 2.75) is 42.2 Å². The molecule has 0 radical (unpaired) electrons. The van der Waals surface area contributed by atoms with Crippen molar-refractivity contribution in [1.29, 1.82) is 0 Å². The number of amides is 2. The summed E-state index contributed by atoms with van der Waals surface area (Å²) in [6.07, 6.45) is 5.15. The molecular weight excluding hydrogens is 288 g/mol. The van der Waals surface area contributed by atoms with Gasteiger partial charge in [-0.05, 0) is 37.1 Å². The summed E-state index contributed by atoms with van der Waals surface area (Å²) >= 11 is 1.90. The van der Waals surface area contributed by atoms with Crippen LogP contribution in [0.15, 0.2) is 29.2 Å². The number of anilines is 1. The van der Waals surface area contributed by atoms with Gasteiger partial charge in [-0.3, -0.25) is 4.79 Å². The fraction of sp³-hybridized carbons (Fsp3) is 0.467. The van der Waals surface area contributed by atoms with Crippen molar-refractivity contribution in [2.24, 2.45) is 0 Å². The Labute approximate surface area is 128 Å². The van der Waals surface area contributed by atoms with Crippen LogP contribution in [0.25, 0.3) is 0 Å². The van der Waals surface area contributed by atoms with E-state index in [9.17, 15) is 9.59 Å². The number of thioether (sulfide) groups is 1. The second kappa shape index (κ2) is 7.93. The third kappa shape index (κ3) is 5.67. The fourth-order valence-electron chi connectivity index (χ4n) is 2.27. The Morgan fingerprint density at radius 3 is 2.48 bits per heavy atom. The second-order valence-corrected chi connectivity index (χ2v) is 6.45.